The number of carbonyl (C=O) groups is 2. The maximum Gasteiger partial charge on any atom is 0.312 e. The molecule has 0 aromatic carbocycles. The summed E-state index contributed by atoms with van der Waals surface area (Å²) in [4.78, 5) is 27.4. The molecule has 0 N–H and O–H groups in total. The zero-order valence-electron chi connectivity index (χ0n) is 11.0. The molecule has 1 saturated heterocycles. The minimum absolute atomic E-state index is 0.173. The summed E-state index contributed by atoms with van der Waals surface area (Å²) in [7, 11) is 0. The fourth-order valence-corrected chi connectivity index (χ4v) is 3.21. The molecule has 0 radical (unpaired) electrons. The van der Waals surface area contributed by atoms with E-state index in [0.717, 1.165) is 25.0 Å². The Bertz CT molecular complexity index is 336. The fraction of sp³-hybridized carbons (Fsp3) is 0.846. The number of amides is 2. The van der Waals surface area contributed by atoms with E-state index < -0.39 is 0 Å². The van der Waals surface area contributed by atoms with Crippen LogP contribution in [0, 0.1) is 5.41 Å². The standard InChI is InChI=1S/C13H22N2O2S/c1-2-6-14-7-8-15(12(17)11(14)16)9-13(10-18)4-3-5-13/h18H,2-10H2,1H3. The molecular weight excluding hydrogens is 248 g/mol. The zero-order valence-corrected chi connectivity index (χ0v) is 11.9. The van der Waals surface area contributed by atoms with Crippen LogP contribution in [-0.2, 0) is 9.59 Å². The van der Waals surface area contributed by atoms with Gasteiger partial charge in [0.05, 0.1) is 0 Å². The van der Waals surface area contributed by atoms with Crippen molar-refractivity contribution in [3.8, 4) is 0 Å². The van der Waals surface area contributed by atoms with Crippen LogP contribution in [0.25, 0.3) is 0 Å². The molecule has 1 aliphatic carbocycles. The molecule has 18 heavy (non-hydrogen) atoms. The fourth-order valence-electron chi connectivity index (χ4n) is 2.80. The molecule has 0 spiro atoms. The summed E-state index contributed by atoms with van der Waals surface area (Å²) in [5, 5.41) is 0. The second kappa shape index (κ2) is 5.51. The van der Waals surface area contributed by atoms with E-state index in [2.05, 4.69) is 12.6 Å². The number of hydrogen-bond acceptors (Lipinski definition) is 3. The Hall–Kier alpha value is -0.710. The van der Waals surface area contributed by atoms with Gasteiger partial charge in [-0.2, -0.15) is 12.6 Å². The lowest BCUT2D eigenvalue weighted by Crippen LogP contribution is -2.57. The lowest BCUT2D eigenvalue weighted by molar-refractivity contribution is -0.157. The van der Waals surface area contributed by atoms with Gasteiger partial charge in [-0.15, -0.1) is 0 Å². The van der Waals surface area contributed by atoms with Crippen LogP contribution >= 0.6 is 12.6 Å². The Kier molecular flexibility index (Phi) is 4.20. The monoisotopic (exact) mass is 270 g/mol. The van der Waals surface area contributed by atoms with Gasteiger partial charge in [0.15, 0.2) is 0 Å². The normalized spacial score (nSPS) is 23.2. The van der Waals surface area contributed by atoms with Crippen molar-refractivity contribution in [1.82, 2.24) is 9.80 Å². The summed E-state index contributed by atoms with van der Waals surface area (Å²) in [6.45, 7) is 4.78. The number of piperazine rings is 1. The van der Waals surface area contributed by atoms with Gasteiger partial charge < -0.3 is 9.80 Å². The molecule has 1 saturated carbocycles. The first kappa shape index (κ1) is 13.7. The molecule has 102 valence electrons. The van der Waals surface area contributed by atoms with Gasteiger partial charge in [0.1, 0.15) is 0 Å². The van der Waals surface area contributed by atoms with Crippen LogP contribution in [0.15, 0.2) is 0 Å². The molecule has 0 unspecified atom stereocenters. The highest BCUT2D eigenvalue weighted by Crippen LogP contribution is 2.42. The summed E-state index contributed by atoms with van der Waals surface area (Å²) in [6, 6.07) is 0. The van der Waals surface area contributed by atoms with Gasteiger partial charge in [-0.1, -0.05) is 13.3 Å². The molecule has 4 nitrogen and oxygen atoms in total. The van der Waals surface area contributed by atoms with Crippen LogP contribution in [0.1, 0.15) is 32.6 Å². The quantitative estimate of drug-likeness (QED) is 0.602. The molecule has 2 amide bonds. The topological polar surface area (TPSA) is 40.6 Å². The summed E-state index contributed by atoms with van der Waals surface area (Å²) in [5.74, 6) is 0.170. The minimum atomic E-state index is -0.322. The molecule has 0 aromatic heterocycles. The maximum absolute atomic E-state index is 12.1. The highest BCUT2D eigenvalue weighted by atomic mass is 32.1. The van der Waals surface area contributed by atoms with Gasteiger partial charge in [0, 0.05) is 26.2 Å². The van der Waals surface area contributed by atoms with Crippen molar-refractivity contribution in [3.05, 3.63) is 0 Å². The van der Waals surface area contributed by atoms with E-state index in [4.69, 9.17) is 0 Å². The van der Waals surface area contributed by atoms with Gasteiger partial charge in [0.2, 0.25) is 0 Å². The number of carbonyl (C=O) groups excluding carboxylic acids is 2. The SMILES string of the molecule is CCCN1CCN(CC2(CS)CCC2)C(=O)C1=O. The molecule has 0 bridgehead atoms. The van der Waals surface area contributed by atoms with Gasteiger partial charge in [0.25, 0.3) is 0 Å². The predicted octanol–water partition coefficient (Wildman–Crippen LogP) is 1.17. The third-order valence-electron chi connectivity index (χ3n) is 4.17. The van der Waals surface area contributed by atoms with Crippen molar-refractivity contribution in [2.45, 2.75) is 32.6 Å². The lowest BCUT2D eigenvalue weighted by Gasteiger charge is -2.45. The number of thiol groups is 1. The van der Waals surface area contributed by atoms with Gasteiger partial charge in [-0.25, -0.2) is 0 Å². The Morgan fingerprint density at radius 3 is 2.28 bits per heavy atom. The number of hydrogen-bond donors (Lipinski definition) is 1. The number of nitrogens with zero attached hydrogens (tertiary/aromatic N) is 2. The predicted molar refractivity (Wildman–Crippen MR) is 73.6 cm³/mol. The highest BCUT2D eigenvalue weighted by Gasteiger charge is 2.41. The van der Waals surface area contributed by atoms with Crippen LogP contribution in [0.5, 0.6) is 0 Å². The van der Waals surface area contributed by atoms with E-state index in [1.54, 1.807) is 9.80 Å². The third kappa shape index (κ3) is 2.51. The molecule has 0 aromatic rings. The van der Waals surface area contributed by atoms with Crippen LogP contribution in [0.3, 0.4) is 0 Å². The van der Waals surface area contributed by atoms with Crippen molar-refractivity contribution in [1.29, 1.82) is 0 Å². The van der Waals surface area contributed by atoms with Crippen molar-refractivity contribution in [3.63, 3.8) is 0 Å². The number of rotatable bonds is 5. The molecule has 2 fully saturated rings. The van der Waals surface area contributed by atoms with Crippen LogP contribution in [-0.4, -0.2) is 53.5 Å². The average Bonchev–Trinajstić information content (AvgIpc) is 2.33. The Morgan fingerprint density at radius 2 is 1.78 bits per heavy atom. The summed E-state index contributed by atoms with van der Waals surface area (Å²) < 4.78 is 0. The molecular formula is C13H22N2O2S. The van der Waals surface area contributed by atoms with E-state index in [9.17, 15) is 9.59 Å². The largest absolute Gasteiger partial charge is 0.333 e. The average molecular weight is 270 g/mol. The molecule has 1 heterocycles. The van der Waals surface area contributed by atoms with E-state index in [0.29, 0.717) is 26.2 Å². The smallest absolute Gasteiger partial charge is 0.312 e. The summed E-state index contributed by atoms with van der Waals surface area (Å²) >= 11 is 4.40. The van der Waals surface area contributed by atoms with Crippen molar-refractivity contribution < 1.29 is 9.59 Å². The second-order valence-electron chi connectivity index (χ2n) is 5.53. The summed E-state index contributed by atoms with van der Waals surface area (Å²) in [5.41, 5.74) is 0.173. The van der Waals surface area contributed by atoms with E-state index in [-0.39, 0.29) is 17.2 Å². The van der Waals surface area contributed by atoms with Crippen LogP contribution < -0.4 is 0 Å². The molecule has 0 atom stereocenters. The third-order valence-corrected chi connectivity index (χ3v) is 4.84. The highest BCUT2D eigenvalue weighted by molar-refractivity contribution is 7.80. The van der Waals surface area contributed by atoms with Crippen LogP contribution in [0.2, 0.25) is 0 Å². The Morgan fingerprint density at radius 1 is 1.17 bits per heavy atom. The molecule has 2 rings (SSSR count). The minimum Gasteiger partial charge on any atom is -0.333 e. The van der Waals surface area contributed by atoms with Gasteiger partial charge in [-0.05, 0) is 30.4 Å². The van der Waals surface area contributed by atoms with E-state index in [1.165, 1.54) is 6.42 Å². The van der Waals surface area contributed by atoms with Crippen molar-refractivity contribution >= 4 is 24.4 Å². The first-order valence-corrected chi connectivity index (χ1v) is 7.44. The first-order valence-electron chi connectivity index (χ1n) is 6.81. The van der Waals surface area contributed by atoms with E-state index in [1.807, 2.05) is 6.92 Å². The van der Waals surface area contributed by atoms with E-state index >= 15 is 0 Å². The molecule has 5 heteroatoms. The van der Waals surface area contributed by atoms with Gasteiger partial charge in [-0.3, -0.25) is 9.59 Å². The van der Waals surface area contributed by atoms with Crippen LogP contribution in [0.4, 0.5) is 0 Å². The van der Waals surface area contributed by atoms with Crippen molar-refractivity contribution in [2.24, 2.45) is 5.41 Å². The maximum atomic E-state index is 12.1. The molecule has 1 aliphatic heterocycles. The summed E-state index contributed by atoms with van der Waals surface area (Å²) in [6.07, 6.45) is 4.39. The molecule has 2 aliphatic rings. The second-order valence-corrected chi connectivity index (χ2v) is 5.85. The zero-order chi connectivity index (χ0) is 13.2. The Balaban J connectivity index is 1.96. The first-order chi connectivity index (χ1) is 8.62. The van der Waals surface area contributed by atoms with Crippen molar-refractivity contribution in [2.75, 3.05) is 31.9 Å². The Labute approximate surface area is 114 Å². The lowest BCUT2D eigenvalue weighted by atomic mass is 9.70. The van der Waals surface area contributed by atoms with Gasteiger partial charge >= 0.3 is 11.8 Å².